The molecule has 0 aliphatic carbocycles. The minimum Gasteiger partial charge on any atom is -0.351 e. The second-order valence-corrected chi connectivity index (χ2v) is 5.80. The number of anilines is 1. The van der Waals surface area contributed by atoms with E-state index in [1.54, 1.807) is 0 Å². The number of alkyl halides is 3. The van der Waals surface area contributed by atoms with E-state index in [9.17, 15) is 13.2 Å². The topological polar surface area (TPSA) is 16.1 Å². The minimum atomic E-state index is -4.44. The lowest BCUT2D eigenvalue weighted by atomic mass is 9.78. The van der Waals surface area contributed by atoms with Crippen LogP contribution >= 0.6 is 11.6 Å². The first-order valence-electron chi connectivity index (χ1n) is 6.14. The summed E-state index contributed by atoms with van der Waals surface area (Å²) in [5.41, 5.74) is -1.23. The van der Waals surface area contributed by atoms with Gasteiger partial charge in [0.15, 0.2) is 0 Å². The van der Waals surface area contributed by atoms with E-state index >= 15 is 0 Å². The third-order valence-electron chi connectivity index (χ3n) is 3.65. The molecule has 1 atom stereocenters. The van der Waals surface area contributed by atoms with Crippen molar-refractivity contribution in [2.45, 2.75) is 32.5 Å². The SMILES string of the molecule is C#CC(C)(C)C1CCN1c1ncc(C(F)(F)F)cc1Cl. The highest BCUT2D eigenvalue weighted by molar-refractivity contribution is 6.33. The summed E-state index contributed by atoms with van der Waals surface area (Å²) in [4.78, 5) is 5.73. The second-order valence-electron chi connectivity index (χ2n) is 5.39. The van der Waals surface area contributed by atoms with Gasteiger partial charge in [-0.3, -0.25) is 0 Å². The summed E-state index contributed by atoms with van der Waals surface area (Å²) in [6.45, 7) is 4.53. The van der Waals surface area contributed by atoms with Crippen molar-refractivity contribution in [3.05, 3.63) is 22.8 Å². The predicted octanol–water partition coefficient (Wildman–Crippen LogP) is 3.99. The van der Waals surface area contributed by atoms with E-state index < -0.39 is 11.7 Å². The molecular weight excluding hydrogens is 289 g/mol. The molecule has 6 heteroatoms. The summed E-state index contributed by atoms with van der Waals surface area (Å²) in [5.74, 6) is 3.07. The Morgan fingerprint density at radius 1 is 1.45 bits per heavy atom. The van der Waals surface area contributed by atoms with Crippen LogP contribution in [-0.4, -0.2) is 17.6 Å². The average Bonchev–Trinajstić information content (AvgIpc) is 2.28. The molecule has 2 rings (SSSR count). The van der Waals surface area contributed by atoms with Crippen LogP contribution in [0.25, 0.3) is 0 Å². The summed E-state index contributed by atoms with van der Waals surface area (Å²) >= 11 is 5.95. The van der Waals surface area contributed by atoms with Gasteiger partial charge >= 0.3 is 6.18 Å². The Hall–Kier alpha value is -1.41. The molecule has 1 aromatic heterocycles. The molecule has 1 aliphatic heterocycles. The lowest BCUT2D eigenvalue weighted by Crippen LogP contribution is -2.55. The van der Waals surface area contributed by atoms with Crippen molar-refractivity contribution >= 4 is 17.4 Å². The molecule has 1 aliphatic rings. The zero-order valence-corrected chi connectivity index (χ0v) is 11.9. The van der Waals surface area contributed by atoms with Crippen LogP contribution in [0, 0.1) is 17.8 Å². The number of hydrogen-bond donors (Lipinski definition) is 0. The van der Waals surface area contributed by atoms with Crippen LogP contribution < -0.4 is 4.90 Å². The number of pyridine rings is 1. The third-order valence-corrected chi connectivity index (χ3v) is 3.92. The fourth-order valence-electron chi connectivity index (χ4n) is 2.28. The Kier molecular flexibility index (Phi) is 3.64. The molecule has 2 heterocycles. The van der Waals surface area contributed by atoms with Crippen LogP contribution in [0.2, 0.25) is 5.02 Å². The van der Waals surface area contributed by atoms with Crippen molar-refractivity contribution in [3.63, 3.8) is 0 Å². The van der Waals surface area contributed by atoms with E-state index in [-0.39, 0.29) is 16.5 Å². The van der Waals surface area contributed by atoms with Crippen molar-refractivity contribution in [2.24, 2.45) is 5.41 Å². The Morgan fingerprint density at radius 2 is 2.10 bits per heavy atom. The smallest absolute Gasteiger partial charge is 0.351 e. The first-order chi connectivity index (χ1) is 9.16. The Morgan fingerprint density at radius 3 is 2.50 bits per heavy atom. The second kappa shape index (κ2) is 4.85. The average molecular weight is 303 g/mol. The molecule has 2 nitrogen and oxygen atoms in total. The van der Waals surface area contributed by atoms with Gasteiger partial charge in [0, 0.05) is 24.2 Å². The Balaban J connectivity index is 2.30. The first kappa shape index (κ1) is 15.0. The van der Waals surface area contributed by atoms with Gasteiger partial charge in [-0.15, -0.1) is 6.42 Å². The van der Waals surface area contributed by atoms with E-state index in [0.29, 0.717) is 12.4 Å². The summed E-state index contributed by atoms with van der Waals surface area (Å²) in [6, 6.07) is 0.941. The highest BCUT2D eigenvalue weighted by Gasteiger charge is 2.41. The Labute approximate surface area is 120 Å². The number of rotatable bonds is 2. The van der Waals surface area contributed by atoms with Crippen molar-refractivity contribution in [3.8, 4) is 12.3 Å². The predicted molar refractivity (Wildman–Crippen MR) is 72.6 cm³/mol. The van der Waals surface area contributed by atoms with Crippen LogP contribution in [0.4, 0.5) is 19.0 Å². The maximum atomic E-state index is 12.6. The van der Waals surface area contributed by atoms with E-state index in [1.165, 1.54) is 0 Å². The summed E-state index contributed by atoms with van der Waals surface area (Å²) in [6.07, 6.45) is 2.73. The standard InChI is InChI=1S/C14H14ClF3N2/c1-4-13(2,3)11-5-6-20(11)12-10(15)7-9(8-19-12)14(16,17)18/h1,7-8,11H,5-6H2,2-3H3. The van der Waals surface area contributed by atoms with Crippen LogP contribution in [0.1, 0.15) is 25.8 Å². The number of nitrogens with zero attached hydrogens (tertiary/aromatic N) is 2. The largest absolute Gasteiger partial charge is 0.417 e. The number of hydrogen-bond acceptors (Lipinski definition) is 2. The molecule has 0 N–H and O–H groups in total. The monoisotopic (exact) mass is 302 g/mol. The summed E-state index contributed by atoms with van der Waals surface area (Å²) in [7, 11) is 0. The summed E-state index contributed by atoms with van der Waals surface area (Å²) in [5, 5.41) is -0.00246. The number of aromatic nitrogens is 1. The van der Waals surface area contributed by atoms with Gasteiger partial charge in [-0.1, -0.05) is 17.5 Å². The molecule has 0 aromatic carbocycles. The van der Waals surface area contributed by atoms with Gasteiger partial charge < -0.3 is 4.90 Å². The number of terminal acetylenes is 1. The quantitative estimate of drug-likeness (QED) is 0.768. The molecule has 108 valence electrons. The van der Waals surface area contributed by atoms with E-state index in [2.05, 4.69) is 10.9 Å². The molecule has 1 aromatic rings. The van der Waals surface area contributed by atoms with Gasteiger partial charge in [0.1, 0.15) is 5.82 Å². The molecule has 20 heavy (non-hydrogen) atoms. The molecule has 0 amide bonds. The van der Waals surface area contributed by atoms with Crippen LogP contribution in [0.5, 0.6) is 0 Å². The highest BCUT2D eigenvalue weighted by atomic mass is 35.5. The maximum Gasteiger partial charge on any atom is 0.417 e. The zero-order chi connectivity index (χ0) is 15.1. The molecular formula is C14H14ClF3N2. The van der Waals surface area contributed by atoms with Crippen LogP contribution in [-0.2, 0) is 6.18 Å². The van der Waals surface area contributed by atoms with E-state index in [1.807, 2.05) is 18.7 Å². The molecule has 0 bridgehead atoms. The van der Waals surface area contributed by atoms with Gasteiger partial charge in [0.2, 0.25) is 0 Å². The lowest BCUT2D eigenvalue weighted by molar-refractivity contribution is -0.137. The molecule has 1 unspecified atom stereocenters. The van der Waals surface area contributed by atoms with Gasteiger partial charge in [0.05, 0.1) is 10.6 Å². The molecule has 0 saturated carbocycles. The van der Waals surface area contributed by atoms with Gasteiger partial charge in [0.25, 0.3) is 0 Å². The van der Waals surface area contributed by atoms with Gasteiger partial charge in [-0.05, 0) is 26.3 Å². The first-order valence-corrected chi connectivity index (χ1v) is 6.52. The zero-order valence-electron chi connectivity index (χ0n) is 11.1. The fourth-order valence-corrected chi connectivity index (χ4v) is 2.56. The van der Waals surface area contributed by atoms with Crippen molar-refractivity contribution < 1.29 is 13.2 Å². The normalized spacial score (nSPS) is 19.4. The van der Waals surface area contributed by atoms with E-state index in [4.69, 9.17) is 18.0 Å². The highest BCUT2D eigenvalue weighted by Crippen LogP contribution is 2.40. The van der Waals surface area contributed by atoms with Crippen LogP contribution in [0.3, 0.4) is 0 Å². The number of halogens is 4. The van der Waals surface area contributed by atoms with Crippen molar-refractivity contribution in [2.75, 3.05) is 11.4 Å². The molecule has 0 spiro atoms. The van der Waals surface area contributed by atoms with E-state index in [0.717, 1.165) is 18.7 Å². The van der Waals surface area contributed by atoms with Gasteiger partial charge in [-0.2, -0.15) is 13.2 Å². The third kappa shape index (κ3) is 2.57. The Bertz CT molecular complexity index is 561. The fraction of sp³-hybridized carbons (Fsp3) is 0.500. The lowest BCUT2D eigenvalue weighted by Gasteiger charge is -2.48. The van der Waals surface area contributed by atoms with Crippen molar-refractivity contribution in [1.29, 1.82) is 0 Å². The minimum absolute atomic E-state index is 0.00246. The maximum absolute atomic E-state index is 12.6. The molecule has 1 saturated heterocycles. The summed E-state index contributed by atoms with van der Waals surface area (Å²) < 4.78 is 37.7. The van der Waals surface area contributed by atoms with Gasteiger partial charge in [-0.25, -0.2) is 4.98 Å². The molecule has 1 fully saturated rings. The van der Waals surface area contributed by atoms with Crippen molar-refractivity contribution in [1.82, 2.24) is 4.98 Å². The molecule has 0 radical (unpaired) electrons. The van der Waals surface area contributed by atoms with Crippen LogP contribution in [0.15, 0.2) is 12.3 Å².